The molecule has 5 heteroatoms. The number of carboxylic acid groups (broad SMARTS) is 1. The van der Waals surface area contributed by atoms with Crippen LogP contribution in [0.2, 0.25) is 0 Å². The van der Waals surface area contributed by atoms with E-state index in [0.717, 1.165) is 12.1 Å². The number of carbonyl (C=O) groups is 1. The Morgan fingerprint density at radius 2 is 2.12 bits per heavy atom. The molecule has 17 heavy (non-hydrogen) atoms. The van der Waals surface area contributed by atoms with E-state index in [2.05, 4.69) is 0 Å². The zero-order valence-electron chi connectivity index (χ0n) is 9.03. The van der Waals surface area contributed by atoms with Crippen LogP contribution >= 0.6 is 0 Å². The minimum Gasteiger partial charge on any atom is -0.487 e. The standard InChI is InChI=1S/C12H12F2O3/c13-8-2-4-11(10(14)6-8)17-9-3-1-7(5-9)12(15)16/h2,4,6-7,9H,1,3,5H2,(H,15,16). The van der Waals surface area contributed by atoms with Crippen LogP contribution in [0.15, 0.2) is 18.2 Å². The molecule has 2 unspecified atom stereocenters. The van der Waals surface area contributed by atoms with Gasteiger partial charge in [-0.25, -0.2) is 8.78 Å². The minimum absolute atomic E-state index is 0.0255. The maximum atomic E-state index is 13.3. The summed E-state index contributed by atoms with van der Waals surface area (Å²) in [4.78, 5) is 10.7. The lowest BCUT2D eigenvalue weighted by Crippen LogP contribution is -2.16. The van der Waals surface area contributed by atoms with Gasteiger partial charge in [-0.15, -0.1) is 0 Å². The van der Waals surface area contributed by atoms with E-state index in [1.165, 1.54) is 6.07 Å². The fraction of sp³-hybridized carbons (Fsp3) is 0.417. The van der Waals surface area contributed by atoms with Crippen LogP contribution in [0.5, 0.6) is 5.75 Å². The van der Waals surface area contributed by atoms with E-state index in [4.69, 9.17) is 9.84 Å². The zero-order chi connectivity index (χ0) is 12.4. The van der Waals surface area contributed by atoms with Crippen molar-refractivity contribution < 1.29 is 23.4 Å². The van der Waals surface area contributed by atoms with Crippen LogP contribution in [0.4, 0.5) is 8.78 Å². The Morgan fingerprint density at radius 1 is 1.35 bits per heavy atom. The normalized spacial score (nSPS) is 23.6. The molecule has 0 spiro atoms. The van der Waals surface area contributed by atoms with Crippen molar-refractivity contribution in [1.82, 2.24) is 0 Å². The van der Waals surface area contributed by atoms with Crippen molar-refractivity contribution in [2.45, 2.75) is 25.4 Å². The van der Waals surface area contributed by atoms with Crippen LogP contribution in [0.25, 0.3) is 0 Å². The van der Waals surface area contributed by atoms with Crippen molar-refractivity contribution in [2.75, 3.05) is 0 Å². The first kappa shape index (κ1) is 11.8. The van der Waals surface area contributed by atoms with Crippen LogP contribution in [-0.4, -0.2) is 17.2 Å². The first-order chi connectivity index (χ1) is 8.06. The number of hydrogen-bond acceptors (Lipinski definition) is 2. The summed E-state index contributed by atoms with van der Waals surface area (Å²) in [7, 11) is 0. The third kappa shape index (κ3) is 2.72. The average Bonchev–Trinajstić information content (AvgIpc) is 2.71. The number of benzene rings is 1. The lowest BCUT2D eigenvalue weighted by atomic mass is 10.1. The van der Waals surface area contributed by atoms with E-state index in [9.17, 15) is 13.6 Å². The highest BCUT2D eigenvalue weighted by Gasteiger charge is 2.31. The summed E-state index contributed by atoms with van der Waals surface area (Å²) in [5.74, 6) is -2.73. The maximum absolute atomic E-state index is 13.3. The zero-order valence-corrected chi connectivity index (χ0v) is 9.03. The summed E-state index contributed by atoms with van der Waals surface area (Å²) < 4.78 is 31.3. The minimum atomic E-state index is -0.851. The lowest BCUT2D eigenvalue weighted by molar-refractivity contribution is -0.141. The summed E-state index contributed by atoms with van der Waals surface area (Å²) in [5.41, 5.74) is 0. The van der Waals surface area contributed by atoms with Gasteiger partial charge in [0, 0.05) is 6.07 Å². The van der Waals surface area contributed by atoms with E-state index in [1.54, 1.807) is 0 Å². The molecule has 1 aliphatic rings. The Balaban J connectivity index is 2.00. The van der Waals surface area contributed by atoms with Crippen LogP contribution < -0.4 is 4.74 Å². The number of aliphatic carboxylic acids is 1. The Labute approximate surface area is 97.0 Å². The van der Waals surface area contributed by atoms with Gasteiger partial charge in [0.2, 0.25) is 0 Å². The fourth-order valence-corrected chi connectivity index (χ4v) is 2.02. The van der Waals surface area contributed by atoms with Gasteiger partial charge in [0.1, 0.15) is 5.82 Å². The second-order valence-electron chi connectivity index (χ2n) is 4.16. The number of ether oxygens (including phenoxy) is 1. The molecule has 3 nitrogen and oxygen atoms in total. The van der Waals surface area contributed by atoms with E-state index >= 15 is 0 Å². The van der Waals surface area contributed by atoms with E-state index in [1.807, 2.05) is 0 Å². The summed E-state index contributed by atoms with van der Waals surface area (Å²) in [5, 5.41) is 8.81. The molecular weight excluding hydrogens is 230 g/mol. The van der Waals surface area contributed by atoms with E-state index < -0.39 is 23.5 Å². The quantitative estimate of drug-likeness (QED) is 0.886. The summed E-state index contributed by atoms with van der Waals surface area (Å²) in [6.45, 7) is 0. The van der Waals surface area contributed by atoms with Gasteiger partial charge >= 0.3 is 5.97 Å². The molecule has 1 saturated carbocycles. The lowest BCUT2D eigenvalue weighted by Gasteiger charge is -2.13. The number of hydrogen-bond donors (Lipinski definition) is 1. The SMILES string of the molecule is O=C(O)C1CCC(Oc2ccc(F)cc2F)C1. The third-order valence-electron chi connectivity index (χ3n) is 2.92. The van der Waals surface area contributed by atoms with Crippen molar-refractivity contribution in [3.05, 3.63) is 29.8 Å². The van der Waals surface area contributed by atoms with Gasteiger partial charge in [-0.3, -0.25) is 4.79 Å². The van der Waals surface area contributed by atoms with Crippen LogP contribution in [0.3, 0.4) is 0 Å². The van der Waals surface area contributed by atoms with Crippen molar-refractivity contribution in [2.24, 2.45) is 5.92 Å². The van der Waals surface area contributed by atoms with E-state index in [0.29, 0.717) is 19.3 Å². The van der Waals surface area contributed by atoms with Gasteiger partial charge < -0.3 is 9.84 Å². The molecule has 0 heterocycles. The average molecular weight is 242 g/mol. The highest BCUT2D eigenvalue weighted by molar-refractivity contribution is 5.70. The van der Waals surface area contributed by atoms with Crippen LogP contribution in [-0.2, 0) is 4.79 Å². The Kier molecular flexibility index (Phi) is 3.26. The molecule has 2 rings (SSSR count). The van der Waals surface area contributed by atoms with Crippen molar-refractivity contribution in [3.63, 3.8) is 0 Å². The third-order valence-corrected chi connectivity index (χ3v) is 2.92. The number of rotatable bonds is 3. The van der Waals surface area contributed by atoms with Crippen molar-refractivity contribution in [1.29, 1.82) is 0 Å². The van der Waals surface area contributed by atoms with Gasteiger partial charge in [-0.1, -0.05) is 0 Å². The summed E-state index contributed by atoms with van der Waals surface area (Å²) in [6, 6.07) is 3.08. The molecule has 2 atom stereocenters. The smallest absolute Gasteiger partial charge is 0.306 e. The van der Waals surface area contributed by atoms with E-state index in [-0.39, 0.29) is 11.9 Å². The highest BCUT2D eigenvalue weighted by atomic mass is 19.1. The predicted molar refractivity (Wildman–Crippen MR) is 55.8 cm³/mol. The van der Waals surface area contributed by atoms with Gasteiger partial charge in [0.25, 0.3) is 0 Å². The topological polar surface area (TPSA) is 46.5 Å². The molecule has 92 valence electrons. The molecule has 0 saturated heterocycles. The first-order valence-corrected chi connectivity index (χ1v) is 5.41. The van der Waals surface area contributed by atoms with Gasteiger partial charge in [-0.2, -0.15) is 0 Å². The number of halogens is 2. The van der Waals surface area contributed by atoms with Crippen molar-refractivity contribution in [3.8, 4) is 5.75 Å². The number of carboxylic acids is 1. The molecule has 0 bridgehead atoms. The molecule has 0 amide bonds. The molecule has 0 aliphatic heterocycles. The second-order valence-corrected chi connectivity index (χ2v) is 4.16. The Bertz CT molecular complexity index is 434. The summed E-state index contributed by atoms with van der Waals surface area (Å²) in [6.07, 6.45) is 1.17. The molecule has 1 aliphatic carbocycles. The van der Waals surface area contributed by atoms with Gasteiger partial charge in [0.05, 0.1) is 12.0 Å². The highest BCUT2D eigenvalue weighted by Crippen LogP contribution is 2.30. The molecule has 1 N–H and O–H groups in total. The first-order valence-electron chi connectivity index (χ1n) is 5.41. The van der Waals surface area contributed by atoms with Crippen molar-refractivity contribution >= 4 is 5.97 Å². The Hall–Kier alpha value is -1.65. The largest absolute Gasteiger partial charge is 0.487 e. The molecule has 0 aromatic heterocycles. The van der Waals surface area contributed by atoms with Crippen LogP contribution in [0, 0.1) is 17.6 Å². The Morgan fingerprint density at radius 3 is 2.71 bits per heavy atom. The fourth-order valence-electron chi connectivity index (χ4n) is 2.02. The van der Waals surface area contributed by atoms with Crippen LogP contribution in [0.1, 0.15) is 19.3 Å². The maximum Gasteiger partial charge on any atom is 0.306 e. The molecule has 1 aromatic carbocycles. The molecule has 1 fully saturated rings. The molecular formula is C12H12F2O3. The van der Waals surface area contributed by atoms with Gasteiger partial charge in [0.15, 0.2) is 11.6 Å². The monoisotopic (exact) mass is 242 g/mol. The summed E-state index contributed by atoms with van der Waals surface area (Å²) >= 11 is 0. The predicted octanol–water partition coefficient (Wildman–Crippen LogP) is 2.60. The van der Waals surface area contributed by atoms with Gasteiger partial charge in [-0.05, 0) is 31.4 Å². The molecule has 0 radical (unpaired) electrons. The second kappa shape index (κ2) is 4.69. The molecule has 1 aromatic rings.